The first kappa shape index (κ1) is 23.1. The predicted octanol–water partition coefficient (Wildman–Crippen LogP) is 7.45. The van der Waals surface area contributed by atoms with E-state index in [0.29, 0.717) is 17.7 Å². The van der Waals surface area contributed by atoms with Gasteiger partial charge in [-0.3, -0.25) is 9.40 Å². The van der Waals surface area contributed by atoms with Crippen molar-refractivity contribution in [1.29, 1.82) is 0 Å². The molecule has 0 saturated carbocycles. The zero-order valence-corrected chi connectivity index (χ0v) is 21.5. The molecular weight excluding hydrogens is 480 g/mol. The molecule has 0 radical (unpaired) electrons. The normalized spacial score (nSPS) is 24.2. The lowest BCUT2D eigenvalue weighted by atomic mass is 9.90. The lowest BCUT2D eigenvalue weighted by Gasteiger charge is -2.57. The Bertz CT molecular complexity index is 1280. The summed E-state index contributed by atoms with van der Waals surface area (Å²) in [4.78, 5) is 2.38. The van der Waals surface area contributed by atoms with Gasteiger partial charge in [-0.05, 0) is 66.0 Å². The third-order valence-electron chi connectivity index (χ3n) is 7.64. The van der Waals surface area contributed by atoms with Gasteiger partial charge < -0.3 is 4.90 Å². The number of thioether (sulfide) groups is 1. The minimum Gasteiger partial charge on any atom is -0.353 e. The van der Waals surface area contributed by atoms with Crippen molar-refractivity contribution in [3.63, 3.8) is 0 Å². The quantitative estimate of drug-likeness (QED) is 0.425. The number of alkyl halides is 1. The maximum absolute atomic E-state index is 15.5. The first-order valence-corrected chi connectivity index (χ1v) is 14.1. The summed E-state index contributed by atoms with van der Waals surface area (Å²) in [5.41, 5.74) is 7.29. The van der Waals surface area contributed by atoms with Crippen molar-refractivity contribution in [2.75, 3.05) is 13.2 Å². The minimum atomic E-state index is -0.446. The van der Waals surface area contributed by atoms with Crippen molar-refractivity contribution in [3.05, 3.63) is 99.6 Å². The van der Waals surface area contributed by atoms with Crippen molar-refractivity contribution in [2.45, 2.75) is 54.8 Å². The molecular formula is C28H29F2N3S2. The smallest absolute Gasteiger partial charge is 0.130 e. The summed E-state index contributed by atoms with van der Waals surface area (Å²) < 4.78 is 30.5. The largest absolute Gasteiger partial charge is 0.353 e. The van der Waals surface area contributed by atoms with E-state index in [2.05, 4.69) is 45.6 Å². The molecule has 6 rings (SSSR count). The molecule has 2 aromatic rings. The molecule has 2 atom stereocenters. The molecule has 7 heteroatoms. The van der Waals surface area contributed by atoms with Gasteiger partial charge in [-0.15, -0.1) is 23.1 Å². The predicted molar refractivity (Wildman–Crippen MR) is 140 cm³/mol. The Balaban J connectivity index is 1.60. The van der Waals surface area contributed by atoms with Gasteiger partial charge in [0, 0.05) is 36.0 Å². The van der Waals surface area contributed by atoms with Crippen LogP contribution in [-0.4, -0.2) is 34.3 Å². The Kier molecular flexibility index (Phi) is 5.90. The number of piperidine rings is 1. The summed E-state index contributed by atoms with van der Waals surface area (Å²) in [5.74, 6) is 0.512. The number of halogens is 2. The van der Waals surface area contributed by atoms with Gasteiger partial charge in [0.25, 0.3) is 0 Å². The van der Waals surface area contributed by atoms with Gasteiger partial charge in [0.2, 0.25) is 0 Å². The number of hydrogen-bond acceptors (Lipinski definition) is 5. The molecule has 3 nitrogen and oxygen atoms in total. The summed E-state index contributed by atoms with van der Waals surface area (Å²) in [7, 11) is 0. The van der Waals surface area contributed by atoms with Crippen molar-refractivity contribution >= 4 is 23.1 Å². The SMILES string of the molecule is C=C1C=CN2C(=C1CCF)C(=C)N1CCCCC1N2C1c2ccsc2SCc2c1ccc(C)c2F. The third-order valence-corrected chi connectivity index (χ3v) is 9.94. The van der Waals surface area contributed by atoms with Crippen molar-refractivity contribution in [3.8, 4) is 0 Å². The van der Waals surface area contributed by atoms with E-state index in [9.17, 15) is 4.39 Å². The highest BCUT2D eigenvalue weighted by molar-refractivity contribution is 8.00. The summed E-state index contributed by atoms with van der Waals surface area (Å²) in [6.45, 7) is 11.0. The molecule has 4 aliphatic rings. The van der Waals surface area contributed by atoms with Gasteiger partial charge in [0.15, 0.2) is 0 Å². The Labute approximate surface area is 214 Å². The summed E-state index contributed by atoms with van der Waals surface area (Å²) in [6, 6.07) is 6.05. The van der Waals surface area contributed by atoms with E-state index in [1.807, 2.05) is 25.3 Å². The third kappa shape index (κ3) is 3.54. The number of hydrogen-bond donors (Lipinski definition) is 0. The molecule has 35 heavy (non-hydrogen) atoms. The Hall–Kier alpha value is -2.35. The molecule has 4 aliphatic heterocycles. The second-order valence-electron chi connectivity index (χ2n) is 9.57. The van der Waals surface area contributed by atoms with Crippen molar-refractivity contribution in [1.82, 2.24) is 14.9 Å². The van der Waals surface area contributed by atoms with Gasteiger partial charge >= 0.3 is 0 Å². The molecule has 0 amide bonds. The molecule has 2 saturated heterocycles. The van der Waals surface area contributed by atoms with E-state index in [-0.39, 0.29) is 18.0 Å². The average Bonchev–Trinajstić information content (AvgIpc) is 3.26. The molecule has 5 heterocycles. The van der Waals surface area contributed by atoms with Crippen LogP contribution in [0.15, 0.2) is 75.8 Å². The zero-order valence-electron chi connectivity index (χ0n) is 19.9. The number of benzene rings is 1. The standard InChI is InChI=1S/C28H29F2N3S2/c1-17-10-14-32-26(20(17)9-12-29)19(3)31-13-5-4-6-24(31)33(32)27-21-8-7-18(2)25(30)23(21)16-35-28-22(27)11-15-34-28/h7-8,10-11,14-15,24,27H,1,3-6,9,12-13,16H2,2H3. The summed E-state index contributed by atoms with van der Waals surface area (Å²) in [6.07, 6.45) is 7.62. The molecule has 1 aromatic heterocycles. The molecule has 2 fully saturated rings. The molecule has 0 bridgehead atoms. The Morgan fingerprint density at radius 3 is 2.83 bits per heavy atom. The van der Waals surface area contributed by atoms with Gasteiger partial charge in [-0.25, -0.2) is 4.39 Å². The van der Waals surface area contributed by atoms with Gasteiger partial charge in [-0.1, -0.05) is 25.3 Å². The van der Waals surface area contributed by atoms with Crippen LogP contribution < -0.4 is 0 Å². The number of allylic oxidation sites excluding steroid dienone is 3. The topological polar surface area (TPSA) is 9.72 Å². The number of fused-ring (bicyclic) bond motifs is 4. The van der Waals surface area contributed by atoms with Crippen LogP contribution in [0.1, 0.15) is 54.0 Å². The van der Waals surface area contributed by atoms with Crippen LogP contribution in [0.25, 0.3) is 0 Å². The zero-order chi connectivity index (χ0) is 24.3. The van der Waals surface area contributed by atoms with E-state index < -0.39 is 6.67 Å². The maximum atomic E-state index is 15.5. The second-order valence-corrected chi connectivity index (χ2v) is 11.7. The lowest BCUT2D eigenvalue weighted by molar-refractivity contribution is -0.118. The number of thiophene rings is 1. The fraction of sp³-hybridized carbons (Fsp3) is 0.357. The monoisotopic (exact) mass is 509 g/mol. The van der Waals surface area contributed by atoms with Crippen LogP contribution in [0.4, 0.5) is 8.78 Å². The highest BCUT2D eigenvalue weighted by Gasteiger charge is 2.47. The van der Waals surface area contributed by atoms with Gasteiger partial charge in [0.05, 0.1) is 28.3 Å². The van der Waals surface area contributed by atoms with Crippen LogP contribution >= 0.6 is 23.1 Å². The molecule has 0 N–H and O–H groups in total. The van der Waals surface area contributed by atoms with E-state index >= 15 is 4.39 Å². The minimum absolute atomic E-state index is 0.0840. The fourth-order valence-electron chi connectivity index (χ4n) is 5.95. The van der Waals surface area contributed by atoms with E-state index in [1.165, 1.54) is 9.77 Å². The summed E-state index contributed by atoms with van der Waals surface area (Å²) in [5, 5.41) is 6.73. The summed E-state index contributed by atoms with van der Waals surface area (Å²) >= 11 is 3.45. The Morgan fingerprint density at radius 2 is 2.00 bits per heavy atom. The molecule has 0 aliphatic carbocycles. The first-order chi connectivity index (χ1) is 17.0. The molecule has 0 spiro atoms. The van der Waals surface area contributed by atoms with Crippen LogP contribution in [0.5, 0.6) is 0 Å². The van der Waals surface area contributed by atoms with E-state index in [0.717, 1.165) is 59.5 Å². The maximum Gasteiger partial charge on any atom is 0.130 e. The number of aryl methyl sites for hydroxylation is 1. The van der Waals surface area contributed by atoms with Crippen LogP contribution in [0.2, 0.25) is 0 Å². The van der Waals surface area contributed by atoms with Gasteiger partial charge in [-0.2, -0.15) is 5.01 Å². The molecule has 1 aromatic carbocycles. The number of hydrazine groups is 1. The van der Waals surface area contributed by atoms with Crippen molar-refractivity contribution < 1.29 is 8.78 Å². The van der Waals surface area contributed by atoms with Gasteiger partial charge in [0.1, 0.15) is 12.0 Å². The number of nitrogens with zero attached hydrogens (tertiary/aromatic N) is 3. The number of rotatable bonds is 3. The lowest BCUT2D eigenvalue weighted by Crippen LogP contribution is -2.62. The fourth-order valence-corrected chi connectivity index (χ4v) is 8.13. The average molecular weight is 510 g/mol. The second kappa shape index (κ2) is 8.95. The van der Waals surface area contributed by atoms with Crippen LogP contribution in [-0.2, 0) is 5.75 Å². The Morgan fingerprint density at radius 1 is 1.14 bits per heavy atom. The molecule has 2 unspecified atom stereocenters. The molecule has 182 valence electrons. The van der Waals surface area contributed by atoms with Crippen LogP contribution in [0.3, 0.4) is 0 Å². The first-order valence-electron chi connectivity index (χ1n) is 12.2. The highest BCUT2D eigenvalue weighted by Crippen LogP contribution is 2.51. The van der Waals surface area contributed by atoms with E-state index in [1.54, 1.807) is 23.1 Å². The highest BCUT2D eigenvalue weighted by atomic mass is 32.2. The van der Waals surface area contributed by atoms with E-state index in [4.69, 9.17) is 0 Å². The van der Waals surface area contributed by atoms with Crippen LogP contribution in [0, 0.1) is 12.7 Å². The van der Waals surface area contributed by atoms with Crippen molar-refractivity contribution in [2.24, 2.45) is 0 Å².